The molecule has 2 unspecified atom stereocenters. The normalized spacial score (nSPS) is 30.1. The standard InChI is InChI=1S/C14H23N5O/c1-2-8-18(9-3-1)14-16-13-15-7-6-11(19(13)17-14)12-5-4-10-20-12/h11-12H,1-10H2,(H,15,16,17). The van der Waals surface area contributed by atoms with E-state index in [0.717, 1.165) is 51.0 Å². The molecule has 1 aromatic rings. The van der Waals surface area contributed by atoms with Gasteiger partial charge in [0, 0.05) is 26.2 Å². The van der Waals surface area contributed by atoms with Gasteiger partial charge >= 0.3 is 0 Å². The summed E-state index contributed by atoms with van der Waals surface area (Å²) < 4.78 is 7.96. The van der Waals surface area contributed by atoms with Gasteiger partial charge < -0.3 is 15.0 Å². The van der Waals surface area contributed by atoms with Crippen LogP contribution in [0.1, 0.15) is 44.6 Å². The second-order valence-electron chi connectivity index (χ2n) is 6.06. The van der Waals surface area contributed by atoms with Crippen LogP contribution in [-0.4, -0.2) is 47.1 Å². The van der Waals surface area contributed by atoms with Crippen LogP contribution < -0.4 is 10.2 Å². The van der Waals surface area contributed by atoms with Crippen LogP contribution in [0.3, 0.4) is 0 Å². The van der Waals surface area contributed by atoms with Gasteiger partial charge in [0.05, 0.1) is 12.1 Å². The molecule has 4 rings (SSSR count). The van der Waals surface area contributed by atoms with Gasteiger partial charge in [0.25, 0.3) is 0 Å². The highest BCUT2D eigenvalue weighted by molar-refractivity contribution is 5.39. The predicted octanol–water partition coefficient (Wildman–Crippen LogP) is 1.80. The second kappa shape index (κ2) is 5.24. The summed E-state index contributed by atoms with van der Waals surface area (Å²) in [6, 6.07) is 0.361. The van der Waals surface area contributed by atoms with Crippen molar-refractivity contribution in [2.75, 3.05) is 36.5 Å². The fourth-order valence-electron chi connectivity index (χ4n) is 3.60. The van der Waals surface area contributed by atoms with Crippen LogP contribution in [-0.2, 0) is 4.74 Å². The second-order valence-corrected chi connectivity index (χ2v) is 6.06. The van der Waals surface area contributed by atoms with E-state index < -0.39 is 0 Å². The molecule has 3 aliphatic heterocycles. The molecule has 110 valence electrons. The first kappa shape index (κ1) is 12.4. The first-order valence-corrected chi connectivity index (χ1v) is 7.99. The zero-order chi connectivity index (χ0) is 13.4. The minimum Gasteiger partial charge on any atom is -0.376 e. The van der Waals surface area contributed by atoms with Crippen molar-refractivity contribution in [2.24, 2.45) is 0 Å². The van der Waals surface area contributed by atoms with Crippen molar-refractivity contribution in [3.8, 4) is 0 Å². The molecule has 4 heterocycles. The number of nitrogens with one attached hydrogen (secondary N) is 1. The summed E-state index contributed by atoms with van der Waals surface area (Å²) in [4.78, 5) is 7.03. The number of piperidine rings is 1. The minimum atomic E-state index is 0.326. The number of fused-ring (bicyclic) bond motifs is 1. The lowest BCUT2D eigenvalue weighted by Gasteiger charge is -2.28. The molecule has 2 fully saturated rings. The fraction of sp³-hybridized carbons (Fsp3) is 0.857. The van der Waals surface area contributed by atoms with Crippen molar-refractivity contribution in [3.63, 3.8) is 0 Å². The van der Waals surface area contributed by atoms with Gasteiger partial charge in [0.15, 0.2) is 0 Å². The van der Waals surface area contributed by atoms with Crippen molar-refractivity contribution in [2.45, 2.75) is 50.7 Å². The van der Waals surface area contributed by atoms with Crippen molar-refractivity contribution in [1.29, 1.82) is 0 Å². The van der Waals surface area contributed by atoms with Crippen LogP contribution in [0.4, 0.5) is 11.9 Å². The number of rotatable bonds is 2. The van der Waals surface area contributed by atoms with Crippen LogP contribution in [0.15, 0.2) is 0 Å². The summed E-state index contributed by atoms with van der Waals surface area (Å²) in [6.45, 7) is 4.06. The average Bonchev–Trinajstić information content (AvgIpc) is 3.17. The van der Waals surface area contributed by atoms with Crippen molar-refractivity contribution in [3.05, 3.63) is 0 Å². The van der Waals surface area contributed by atoms with E-state index in [1.165, 1.54) is 25.7 Å². The monoisotopic (exact) mass is 277 g/mol. The lowest BCUT2D eigenvalue weighted by Crippen LogP contribution is -2.32. The van der Waals surface area contributed by atoms with Crippen LogP contribution in [0, 0.1) is 0 Å². The molecule has 0 radical (unpaired) electrons. The summed E-state index contributed by atoms with van der Waals surface area (Å²) in [6.07, 6.45) is 7.59. The molecule has 0 aromatic carbocycles. The molecule has 3 aliphatic rings. The topological polar surface area (TPSA) is 55.2 Å². The van der Waals surface area contributed by atoms with Crippen molar-refractivity contribution >= 4 is 11.9 Å². The van der Waals surface area contributed by atoms with Gasteiger partial charge in [-0.1, -0.05) is 0 Å². The van der Waals surface area contributed by atoms with E-state index in [1.54, 1.807) is 0 Å². The maximum atomic E-state index is 5.87. The number of hydrogen-bond donors (Lipinski definition) is 1. The first-order valence-electron chi connectivity index (χ1n) is 7.99. The van der Waals surface area contributed by atoms with E-state index in [9.17, 15) is 0 Å². The molecule has 20 heavy (non-hydrogen) atoms. The highest BCUT2D eigenvalue weighted by atomic mass is 16.5. The number of ether oxygens (including phenoxy) is 1. The fourth-order valence-corrected chi connectivity index (χ4v) is 3.60. The Hall–Kier alpha value is -1.30. The molecule has 2 atom stereocenters. The molecule has 1 aromatic heterocycles. The Bertz CT molecular complexity index is 462. The molecular formula is C14H23N5O. The third-order valence-electron chi connectivity index (χ3n) is 4.69. The molecule has 2 saturated heterocycles. The summed E-state index contributed by atoms with van der Waals surface area (Å²) in [5.41, 5.74) is 0. The molecule has 0 bridgehead atoms. The quantitative estimate of drug-likeness (QED) is 0.893. The van der Waals surface area contributed by atoms with Gasteiger partial charge in [-0.3, -0.25) is 0 Å². The third kappa shape index (κ3) is 2.16. The number of anilines is 2. The predicted molar refractivity (Wildman–Crippen MR) is 77.2 cm³/mol. The summed E-state index contributed by atoms with van der Waals surface area (Å²) in [5, 5.41) is 8.17. The van der Waals surface area contributed by atoms with E-state index in [2.05, 4.69) is 14.9 Å². The lowest BCUT2D eigenvalue weighted by atomic mass is 10.0. The molecule has 6 heteroatoms. The Morgan fingerprint density at radius 2 is 2.00 bits per heavy atom. The van der Waals surface area contributed by atoms with E-state index >= 15 is 0 Å². The molecule has 0 saturated carbocycles. The maximum absolute atomic E-state index is 5.87. The zero-order valence-electron chi connectivity index (χ0n) is 11.9. The van der Waals surface area contributed by atoms with Gasteiger partial charge in [0.2, 0.25) is 11.9 Å². The molecule has 1 N–H and O–H groups in total. The van der Waals surface area contributed by atoms with Crippen molar-refractivity contribution in [1.82, 2.24) is 14.8 Å². The maximum Gasteiger partial charge on any atom is 0.246 e. The third-order valence-corrected chi connectivity index (χ3v) is 4.69. The Kier molecular flexibility index (Phi) is 3.26. The van der Waals surface area contributed by atoms with Gasteiger partial charge in [-0.15, -0.1) is 5.10 Å². The van der Waals surface area contributed by atoms with Gasteiger partial charge in [0.1, 0.15) is 0 Å². The van der Waals surface area contributed by atoms with Crippen LogP contribution in [0.25, 0.3) is 0 Å². The number of aromatic nitrogens is 3. The lowest BCUT2D eigenvalue weighted by molar-refractivity contribution is 0.0591. The van der Waals surface area contributed by atoms with Gasteiger partial charge in [-0.2, -0.15) is 4.98 Å². The molecule has 6 nitrogen and oxygen atoms in total. The van der Waals surface area contributed by atoms with E-state index in [1.807, 2.05) is 0 Å². The summed E-state index contributed by atoms with van der Waals surface area (Å²) >= 11 is 0. The van der Waals surface area contributed by atoms with Gasteiger partial charge in [-0.25, -0.2) is 4.68 Å². The Balaban J connectivity index is 1.59. The van der Waals surface area contributed by atoms with Crippen molar-refractivity contribution < 1.29 is 4.74 Å². The highest BCUT2D eigenvalue weighted by Crippen LogP contribution is 2.32. The summed E-state index contributed by atoms with van der Waals surface area (Å²) in [5.74, 6) is 1.83. The Morgan fingerprint density at radius 1 is 1.10 bits per heavy atom. The van der Waals surface area contributed by atoms with E-state index in [4.69, 9.17) is 14.8 Å². The average molecular weight is 277 g/mol. The van der Waals surface area contributed by atoms with E-state index in [0.29, 0.717) is 12.1 Å². The molecular weight excluding hydrogens is 254 g/mol. The molecule has 0 amide bonds. The Labute approximate surface area is 119 Å². The van der Waals surface area contributed by atoms with Gasteiger partial charge in [-0.05, 0) is 38.5 Å². The zero-order valence-corrected chi connectivity index (χ0v) is 11.9. The molecule has 0 aliphatic carbocycles. The van der Waals surface area contributed by atoms with Crippen LogP contribution >= 0.6 is 0 Å². The SMILES string of the molecule is C1CCN(c2nc3n(n2)C(C2CCCO2)CCN3)CC1. The smallest absolute Gasteiger partial charge is 0.246 e. The minimum absolute atomic E-state index is 0.326. The number of hydrogen-bond acceptors (Lipinski definition) is 5. The molecule has 0 spiro atoms. The first-order chi connectivity index (χ1) is 9.92. The van der Waals surface area contributed by atoms with Crippen LogP contribution in [0.5, 0.6) is 0 Å². The van der Waals surface area contributed by atoms with E-state index in [-0.39, 0.29) is 0 Å². The number of nitrogens with zero attached hydrogens (tertiary/aromatic N) is 4. The van der Waals surface area contributed by atoms with Crippen LogP contribution in [0.2, 0.25) is 0 Å². The summed E-state index contributed by atoms with van der Waals surface area (Å²) in [7, 11) is 0. The Morgan fingerprint density at radius 3 is 2.80 bits per heavy atom. The highest BCUT2D eigenvalue weighted by Gasteiger charge is 2.33. The largest absolute Gasteiger partial charge is 0.376 e.